The van der Waals surface area contributed by atoms with Gasteiger partial charge in [-0.2, -0.15) is 0 Å². The minimum Gasteiger partial charge on any atom is -0.462 e. The lowest BCUT2D eigenvalue weighted by molar-refractivity contribution is 0.0526. The summed E-state index contributed by atoms with van der Waals surface area (Å²) >= 11 is 0. The highest BCUT2D eigenvalue weighted by molar-refractivity contribution is 7.92. The van der Waals surface area contributed by atoms with Crippen LogP contribution in [0.1, 0.15) is 17.3 Å². The SMILES string of the molecule is CCOC(=O)c1ccc(S(=O)(=O)Nc2ccc(Oc3ccccc3)cc2)cc1. The largest absolute Gasteiger partial charge is 0.462 e. The molecule has 28 heavy (non-hydrogen) atoms. The van der Waals surface area contributed by atoms with Gasteiger partial charge in [0.25, 0.3) is 10.0 Å². The van der Waals surface area contributed by atoms with Gasteiger partial charge in [-0.3, -0.25) is 4.72 Å². The number of esters is 1. The van der Waals surface area contributed by atoms with Gasteiger partial charge in [-0.05, 0) is 67.6 Å². The van der Waals surface area contributed by atoms with Crippen LogP contribution >= 0.6 is 0 Å². The summed E-state index contributed by atoms with van der Waals surface area (Å²) in [6.45, 7) is 1.96. The molecular weight excluding hydrogens is 378 g/mol. The van der Waals surface area contributed by atoms with Crippen molar-refractivity contribution < 1.29 is 22.7 Å². The van der Waals surface area contributed by atoms with E-state index in [4.69, 9.17) is 9.47 Å². The summed E-state index contributed by atoms with van der Waals surface area (Å²) in [5.74, 6) is 0.791. The minimum absolute atomic E-state index is 0.0464. The Bertz CT molecular complexity index is 1030. The minimum atomic E-state index is -3.78. The van der Waals surface area contributed by atoms with Gasteiger partial charge in [-0.25, -0.2) is 13.2 Å². The topological polar surface area (TPSA) is 81.7 Å². The number of rotatable bonds is 7. The lowest BCUT2D eigenvalue weighted by Gasteiger charge is -2.10. The molecule has 0 atom stereocenters. The Hall–Kier alpha value is -3.32. The van der Waals surface area contributed by atoms with E-state index in [1.165, 1.54) is 24.3 Å². The fourth-order valence-electron chi connectivity index (χ4n) is 2.41. The van der Waals surface area contributed by atoms with E-state index in [1.807, 2.05) is 30.3 Å². The Morgan fingerprint density at radius 2 is 1.46 bits per heavy atom. The molecule has 3 aromatic rings. The van der Waals surface area contributed by atoms with Crippen LogP contribution in [0.2, 0.25) is 0 Å². The summed E-state index contributed by atoms with van der Waals surface area (Å²) in [5, 5.41) is 0. The van der Waals surface area contributed by atoms with Gasteiger partial charge in [-0.15, -0.1) is 0 Å². The van der Waals surface area contributed by atoms with Crippen LogP contribution in [-0.4, -0.2) is 21.0 Å². The number of benzene rings is 3. The van der Waals surface area contributed by atoms with Crippen molar-refractivity contribution in [1.29, 1.82) is 0 Å². The average Bonchev–Trinajstić information content (AvgIpc) is 2.70. The fraction of sp³-hybridized carbons (Fsp3) is 0.0952. The van der Waals surface area contributed by atoms with E-state index in [0.717, 1.165) is 0 Å². The highest BCUT2D eigenvalue weighted by atomic mass is 32.2. The van der Waals surface area contributed by atoms with E-state index in [1.54, 1.807) is 31.2 Å². The summed E-state index contributed by atoms with van der Waals surface area (Å²) in [6.07, 6.45) is 0. The first-order valence-electron chi connectivity index (χ1n) is 8.61. The number of nitrogens with one attached hydrogen (secondary N) is 1. The van der Waals surface area contributed by atoms with E-state index >= 15 is 0 Å². The van der Waals surface area contributed by atoms with Gasteiger partial charge in [0.05, 0.1) is 17.1 Å². The Labute approximate surface area is 163 Å². The van der Waals surface area contributed by atoms with Crippen LogP contribution in [0.4, 0.5) is 5.69 Å². The first-order valence-corrected chi connectivity index (χ1v) is 10.1. The second kappa shape index (κ2) is 8.58. The molecule has 0 saturated heterocycles. The maximum absolute atomic E-state index is 12.5. The molecule has 0 spiro atoms. The van der Waals surface area contributed by atoms with E-state index in [-0.39, 0.29) is 11.5 Å². The Morgan fingerprint density at radius 1 is 0.857 bits per heavy atom. The summed E-state index contributed by atoms with van der Waals surface area (Å²) in [5.41, 5.74) is 0.693. The number of carbonyl (C=O) groups excluding carboxylic acids is 1. The van der Waals surface area contributed by atoms with Gasteiger partial charge in [0.15, 0.2) is 0 Å². The number of ether oxygens (including phenoxy) is 2. The van der Waals surface area contributed by atoms with Crippen molar-refractivity contribution >= 4 is 21.7 Å². The molecule has 0 aliphatic heterocycles. The highest BCUT2D eigenvalue weighted by Crippen LogP contribution is 2.24. The molecule has 6 nitrogen and oxygen atoms in total. The average molecular weight is 397 g/mol. The Kier molecular flexibility index (Phi) is 5.96. The van der Waals surface area contributed by atoms with Crippen LogP contribution in [0.15, 0.2) is 83.8 Å². The molecule has 0 heterocycles. The molecule has 3 aromatic carbocycles. The molecule has 0 fully saturated rings. The molecule has 3 rings (SSSR count). The third kappa shape index (κ3) is 4.89. The highest BCUT2D eigenvalue weighted by Gasteiger charge is 2.15. The molecule has 0 aromatic heterocycles. The molecular formula is C21H19NO5S. The van der Waals surface area contributed by atoms with Gasteiger partial charge in [0.1, 0.15) is 11.5 Å². The van der Waals surface area contributed by atoms with Crippen molar-refractivity contribution in [2.45, 2.75) is 11.8 Å². The Balaban J connectivity index is 1.69. The smallest absolute Gasteiger partial charge is 0.338 e. The second-order valence-corrected chi connectivity index (χ2v) is 7.47. The predicted molar refractivity (Wildman–Crippen MR) is 106 cm³/mol. The molecule has 0 amide bonds. The maximum atomic E-state index is 12.5. The predicted octanol–water partition coefficient (Wildman–Crippen LogP) is 4.46. The lowest BCUT2D eigenvalue weighted by Crippen LogP contribution is -2.13. The first-order chi connectivity index (χ1) is 13.5. The van der Waals surface area contributed by atoms with Gasteiger partial charge >= 0.3 is 5.97 Å². The molecule has 1 N–H and O–H groups in total. The van der Waals surface area contributed by atoms with Crippen molar-refractivity contribution in [3.63, 3.8) is 0 Å². The van der Waals surface area contributed by atoms with E-state index < -0.39 is 16.0 Å². The van der Waals surface area contributed by atoms with Crippen molar-refractivity contribution in [1.82, 2.24) is 0 Å². The van der Waals surface area contributed by atoms with Crippen molar-refractivity contribution in [2.24, 2.45) is 0 Å². The first kappa shape index (κ1) is 19.4. The maximum Gasteiger partial charge on any atom is 0.338 e. The summed E-state index contributed by atoms with van der Waals surface area (Å²) in [4.78, 5) is 11.7. The molecule has 0 radical (unpaired) electrons. The van der Waals surface area contributed by atoms with Crippen LogP contribution in [-0.2, 0) is 14.8 Å². The van der Waals surface area contributed by atoms with Gasteiger partial charge in [0, 0.05) is 5.69 Å². The van der Waals surface area contributed by atoms with Crippen molar-refractivity contribution in [2.75, 3.05) is 11.3 Å². The van der Waals surface area contributed by atoms with Gasteiger partial charge in [-0.1, -0.05) is 18.2 Å². The normalized spacial score (nSPS) is 10.9. The molecule has 144 valence electrons. The summed E-state index contributed by atoms with van der Waals surface area (Å²) < 4.78 is 38.1. The van der Waals surface area contributed by atoms with E-state index in [0.29, 0.717) is 22.7 Å². The van der Waals surface area contributed by atoms with Crippen molar-refractivity contribution in [3.8, 4) is 11.5 Å². The quantitative estimate of drug-likeness (QED) is 0.596. The zero-order chi connectivity index (χ0) is 20.0. The van der Waals surface area contributed by atoms with Crippen molar-refractivity contribution in [3.05, 3.63) is 84.4 Å². The third-order valence-electron chi connectivity index (χ3n) is 3.76. The van der Waals surface area contributed by atoms with E-state index in [9.17, 15) is 13.2 Å². The second-order valence-electron chi connectivity index (χ2n) is 5.79. The molecule has 0 unspecified atom stereocenters. The van der Waals surface area contributed by atoms with Crippen LogP contribution < -0.4 is 9.46 Å². The zero-order valence-electron chi connectivity index (χ0n) is 15.2. The van der Waals surface area contributed by atoms with Crippen LogP contribution in [0.5, 0.6) is 11.5 Å². The fourth-order valence-corrected chi connectivity index (χ4v) is 3.47. The Morgan fingerprint density at radius 3 is 2.07 bits per heavy atom. The molecule has 0 bridgehead atoms. The monoisotopic (exact) mass is 397 g/mol. The number of anilines is 1. The number of hydrogen-bond acceptors (Lipinski definition) is 5. The number of para-hydroxylation sites is 1. The van der Waals surface area contributed by atoms with Gasteiger partial charge < -0.3 is 9.47 Å². The third-order valence-corrected chi connectivity index (χ3v) is 5.16. The van der Waals surface area contributed by atoms with Crippen LogP contribution in [0, 0.1) is 0 Å². The standard InChI is InChI=1S/C21H19NO5S/c1-2-26-21(23)16-8-14-20(15-9-16)28(24,25)22-17-10-12-19(13-11-17)27-18-6-4-3-5-7-18/h3-15,22H,2H2,1H3. The van der Waals surface area contributed by atoms with E-state index in [2.05, 4.69) is 4.72 Å². The van der Waals surface area contributed by atoms with Gasteiger partial charge in [0.2, 0.25) is 0 Å². The number of sulfonamides is 1. The molecule has 0 aliphatic rings. The number of hydrogen-bond donors (Lipinski definition) is 1. The summed E-state index contributed by atoms with van der Waals surface area (Å²) in [7, 11) is -3.78. The summed E-state index contributed by atoms with van der Waals surface area (Å²) in [6, 6.07) is 21.4. The van der Waals surface area contributed by atoms with Crippen LogP contribution in [0.3, 0.4) is 0 Å². The number of carbonyl (C=O) groups is 1. The molecule has 0 aliphatic carbocycles. The molecule has 7 heteroatoms. The zero-order valence-corrected chi connectivity index (χ0v) is 16.0. The lowest BCUT2D eigenvalue weighted by atomic mass is 10.2. The van der Waals surface area contributed by atoms with Crippen LogP contribution in [0.25, 0.3) is 0 Å². The molecule has 0 saturated carbocycles.